The van der Waals surface area contributed by atoms with Crippen LogP contribution in [0.1, 0.15) is 37.8 Å². The molecule has 1 aliphatic heterocycles. The van der Waals surface area contributed by atoms with E-state index in [0.717, 1.165) is 35.2 Å². The molecule has 3 aromatic carbocycles. The van der Waals surface area contributed by atoms with Gasteiger partial charge in [0.15, 0.2) is 0 Å². The monoisotopic (exact) mass is 424 g/mol. The van der Waals surface area contributed by atoms with Gasteiger partial charge in [-0.1, -0.05) is 24.3 Å². The minimum absolute atomic E-state index is 0.261. The summed E-state index contributed by atoms with van der Waals surface area (Å²) in [6, 6.07) is 18.6. The van der Waals surface area contributed by atoms with Crippen LogP contribution in [0, 0.1) is 0 Å². The van der Waals surface area contributed by atoms with Gasteiger partial charge in [-0.15, -0.1) is 0 Å². The van der Waals surface area contributed by atoms with E-state index in [1.54, 1.807) is 19.2 Å². The zero-order valence-electron chi connectivity index (χ0n) is 17.5. The molecular formula is C24H28N2O3S. The van der Waals surface area contributed by atoms with Gasteiger partial charge in [-0.25, -0.2) is 13.1 Å². The quantitative estimate of drug-likeness (QED) is 0.613. The maximum absolute atomic E-state index is 13.0. The van der Waals surface area contributed by atoms with Gasteiger partial charge in [0.05, 0.1) is 12.0 Å². The van der Waals surface area contributed by atoms with Crippen LogP contribution in [-0.2, 0) is 10.0 Å². The fraction of sp³-hybridized carbons (Fsp3) is 0.333. The lowest BCUT2D eigenvalue weighted by atomic mass is 10.1. The zero-order valence-corrected chi connectivity index (χ0v) is 18.3. The van der Waals surface area contributed by atoms with Crippen molar-refractivity contribution < 1.29 is 13.2 Å². The molecule has 1 N–H and O–H groups in total. The highest BCUT2D eigenvalue weighted by Crippen LogP contribution is 2.26. The summed E-state index contributed by atoms with van der Waals surface area (Å²) in [6.45, 7) is 4.06. The predicted octanol–water partition coefficient (Wildman–Crippen LogP) is 4.88. The van der Waals surface area contributed by atoms with E-state index in [9.17, 15) is 8.42 Å². The number of ether oxygens (including phenoxy) is 1. The summed E-state index contributed by atoms with van der Waals surface area (Å²) in [4.78, 5) is 2.66. The number of sulfonamides is 1. The third kappa shape index (κ3) is 4.45. The molecule has 1 fully saturated rings. The first-order valence-electron chi connectivity index (χ1n) is 10.4. The fourth-order valence-corrected chi connectivity index (χ4v) is 5.26. The second-order valence-corrected chi connectivity index (χ2v) is 9.57. The van der Waals surface area contributed by atoms with Crippen molar-refractivity contribution >= 4 is 26.5 Å². The van der Waals surface area contributed by atoms with Gasteiger partial charge in [0.2, 0.25) is 10.0 Å². The number of nitrogens with one attached hydrogen (secondary N) is 1. The van der Waals surface area contributed by atoms with E-state index >= 15 is 0 Å². The summed E-state index contributed by atoms with van der Waals surface area (Å²) in [5.41, 5.74) is 2.16. The average Bonchev–Trinajstić information content (AvgIpc) is 2.78. The third-order valence-electron chi connectivity index (χ3n) is 5.78. The lowest BCUT2D eigenvalue weighted by molar-refractivity contribution is 0.415. The SMILES string of the molecule is COc1ccc2cc(S(=O)(=O)NC(C)c3ccc(N4CCCCC4)cc3)ccc2c1. The molecule has 4 rings (SSSR count). The van der Waals surface area contributed by atoms with Gasteiger partial charge in [0, 0.05) is 24.8 Å². The van der Waals surface area contributed by atoms with Crippen molar-refractivity contribution in [3.05, 3.63) is 66.2 Å². The van der Waals surface area contributed by atoms with Crippen LogP contribution in [0.25, 0.3) is 10.8 Å². The molecule has 1 unspecified atom stereocenters. The number of nitrogens with zero attached hydrogens (tertiary/aromatic N) is 1. The van der Waals surface area contributed by atoms with Crippen LogP contribution in [-0.4, -0.2) is 28.6 Å². The van der Waals surface area contributed by atoms with Gasteiger partial charge in [0.25, 0.3) is 0 Å². The Bertz CT molecular complexity index is 1120. The lowest BCUT2D eigenvalue weighted by Gasteiger charge is -2.29. The summed E-state index contributed by atoms with van der Waals surface area (Å²) >= 11 is 0. The zero-order chi connectivity index (χ0) is 21.1. The van der Waals surface area contributed by atoms with Crippen LogP contribution in [0.4, 0.5) is 5.69 Å². The highest BCUT2D eigenvalue weighted by molar-refractivity contribution is 7.89. The standard InChI is InChI=1S/C24H28N2O3S/c1-18(19-6-10-22(11-7-19)26-14-4-3-5-15-26)25-30(27,28)24-13-9-20-16-23(29-2)12-8-21(20)17-24/h6-13,16-18,25H,3-5,14-15H2,1-2H3. The van der Waals surface area contributed by atoms with Crippen LogP contribution in [0.5, 0.6) is 5.75 Å². The van der Waals surface area contributed by atoms with Gasteiger partial charge < -0.3 is 9.64 Å². The Morgan fingerprint density at radius 3 is 2.27 bits per heavy atom. The molecule has 6 heteroatoms. The van der Waals surface area contributed by atoms with Crippen molar-refractivity contribution in [1.82, 2.24) is 4.72 Å². The van der Waals surface area contributed by atoms with Crippen molar-refractivity contribution in [2.45, 2.75) is 37.1 Å². The minimum Gasteiger partial charge on any atom is -0.497 e. The Morgan fingerprint density at radius 1 is 0.900 bits per heavy atom. The first kappa shape index (κ1) is 20.7. The van der Waals surface area contributed by atoms with Gasteiger partial charge in [-0.3, -0.25) is 0 Å². The number of fused-ring (bicyclic) bond motifs is 1. The maximum atomic E-state index is 13.0. The molecule has 1 heterocycles. The molecule has 1 saturated heterocycles. The normalized spacial score (nSPS) is 15.9. The van der Waals surface area contributed by atoms with Crippen LogP contribution in [0.3, 0.4) is 0 Å². The lowest BCUT2D eigenvalue weighted by Crippen LogP contribution is -2.29. The molecule has 0 saturated carbocycles. The molecule has 5 nitrogen and oxygen atoms in total. The molecule has 1 aliphatic rings. The topological polar surface area (TPSA) is 58.6 Å². The molecule has 0 aliphatic carbocycles. The molecule has 1 atom stereocenters. The Labute approximate surface area is 178 Å². The highest BCUT2D eigenvalue weighted by atomic mass is 32.2. The van der Waals surface area contributed by atoms with Crippen LogP contribution in [0.2, 0.25) is 0 Å². The minimum atomic E-state index is -3.64. The van der Waals surface area contributed by atoms with Crippen molar-refractivity contribution in [3.8, 4) is 5.75 Å². The number of anilines is 1. The molecular weight excluding hydrogens is 396 g/mol. The summed E-state index contributed by atoms with van der Waals surface area (Å²) in [5, 5.41) is 1.80. The number of methoxy groups -OCH3 is 1. The predicted molar refractivity (Wildman–Crippen MR) is 122 cm³/mol. The third-order valence-corrected chi connectivity index (χ3v) is 7.31. The van der Waals surface area contributed by atoms with Crippen molar-refractivity contribution in [3.63, 3.8) is 0 Å². The van der Waals surface area contributed by atoms with Crippen molar-refractivity contribution in [2.24, 2.45) is 0 Å². The van der Waals surface area contributed by atoms with E-state index in [-0.39, 0.29) is 10.9 Å². The van der Waals surface area contributed by atoms with E-state index in [2.05, 4.69) is 21.8 Å². The van der Waals surface area contributed by atoms with Gasteiger partial charge in [-0.05, 0) is 78.9 Å². The first-order valence-corrected chi connectivity index (χ1v) is 11.9. The van der Waals surface area contributed by atoms with Gasteiger partial charge in [-0.2, -0.15) is 0 Å². The molecule has 30 heavy (non-hydrogen) atoms. The first-order chi connectivity index (χ1) is 14.5. The molecule has 158 valence electrons. The van der Waals surface area contributed by atoms with Crippen LogP contribution in [0.15, 0.2) is 65.6 Å². The van der Waals surface area contributed by atoms with Crippen molar-refractivity contribution in [1.29, 1.82) is 0 Å². The Hall–Kier alpha value is -2.57. The number of rotatable bonds is 6. The number of piperidine rings is 1. The summed E-state index contributed by atoms with van der Waals surface area (Å²) < 4.78 is 33.9. The summed E-state index contributed by atoms with van der Waals surface area (Å²) in [5.74, 6) is 0.748. The largest absolute Gasteiger partial charge is 0.497 e. The number of hydrogen-bond acceptors (Lipinski definition) is 4. The molecule has 0 aromatic heterocycles. The van der Waals surface area contributed by atoms with Gasteiger partial charge >= 0.3 is 0 Å². The summed E-state index contributed by atoms with van der Waals surface area (Å²) in [6.07, 6.45) is 3.77. The number of benzene rings is 3. The smallest absolute Gasteiger partial charge is 0.241 e. The van der Waals surface area contributed by atoms with E-state index < -0.39 is 10.0 Å². The van der Waals surface area contributed by atoms with E-state index in [1.807, 2.05) is 43.3 Å². The molecule has 0 bridgehead atoms. The maximum Gasteiger partial charge on any atom is 0.241 e. The van der Waals surface area contributed by atoms with Crippen LogP contribution >= 0.6 is 0 Å². The highest BCUT2D eigenvalue weighted by Gasteiger charge is 2.19. The van der Waals surface area contributed by atoms with E-state index in [0.29, 0.717) is 0 Å². The fourth-order valence-electron chi connectivity index (χ4n) is 3.99. The number of hydrogen-bond donors (Lipinski definition) is 1. The Balaban J connectivity index is 1.50. The molecule has 3 aromatic rings. The molecule has 0 radical (unpaired) electrons. The average molecular weight is 425 g/mol. The van der Waals surface area contributed by atoms with E-state index in [4.69, 9.17) is 4.74 Å². The Morgan fingerprint density at radius 2 is 1.57 bits per heavy atom. The van der Waals surface area contributed by atoms with Crippen molar-refractivity contribution in [2.75, 3.05) is 25.1 Å². The van der Waals surface area contributed by atoms with Gasteiger partial charge in [0.1, 0.15) is 5.75 Å². The molecule has 0 amide bonds. The van der Waals surface area contributed by atoms with E-state index in [1.165, 1.54) is 24.9 Å². The Kier molecular flexibility index (Phi) is 5.97. The summed E-state index contributed by atoms with van der Waals surface area (Å²) in [7, 11) is -2.02. The molecule has 0 spiro atoms. The second kappa shape index (κ2) is 8.66. The van der Waals surface area contributed by atoms with Crippen LogP contribution < -0.4 is 14.4 Å². The second-order valence-electron chi connectivity index (χ2n) is 7.86.